The van der Waals surface area contributed by atoms with Gasteiger partial charge in [-0.25, -0.2) is 4.98 Å². The van der Waals surface area contributed by atoms with E-state index in [1.165, 1.54) is 45.4 Å². The predicted molar refractivity (Wildman–Crippen MR) is 97.2 cm³/mol. The first kappa shape index (κ1) is 15.9. The number of benzene rings is 1. The van der Waals surface area contributed by atoms with Crippen LogP contribution in [0.4, 0.5) is 0 Å². The van der Waals surface area contributed by atoms with Gasteiger partial charge in [-0.1, -0.05) is 24.3 Å². The van der Waals surface area contributed by atoms with Crippen LogP contribution in [0.5, 0.6) is 0 Å². The van der Waals surface area contributed by atoms with Crippen molar-refractivity contribution in [3.05, 3.63) is 53.6 Å². The summed E-state index contributed by atoms with van der Waals surface area (Å²) >= 11 is 0. The summed E-state index contributed by atoms with van der Waals surface area (Å²) in [4.78, 5) is 9.68. The van der Waals surface area contributed by atoms with Crippen LogP contribution in [0.25, 0.3) is 0 Å². The lowest BCUT2D eigenvalue weighted by Crippen LogP contribution is -2.39. The number of aromatic nitrogens is 2. The molecule has 4 heteroatoms. The van der Waals surface area contributed by atoms with Gasteiger partial charge in [0.2, 0.25) is 0 Å². The average molecular weight is 324 g/mol. The second-order valence-corrected chi connectivity index (χ2v) is 7.23. The molecule has 0 spiro atoms. The third kappa shape index (κ3) is 3.40. The summed E-state index contributed by atoms with van der Waals surface area (Å²) in [5.41, 5.74) is 3.14. The zero-order chi connectivity index (χ0) is 16.4. The van der Waals surface area contributed by atoms with E-state index in [4.69, 9.17) is 0 Å². The number of aryl methyl sites for hydroxylation is 1. The van der Waals surface area contributed by atoms with Crippen LogP contribution in [0.1, 0.15) is 23.4 Å². The molecule has 0 amide bonds. The summed E-state index contributed by atoms with van der Waals surface area (Å²) in [5.74, 6) is 1.12. The van der Waals surface area contributed by atoms with E-state index < -0.39 is 0 Å². The maximum atomic E-state index is 4.32. The summed E-state index contributed by atoms with van der Waals surface area (Å²) in [7, 11) is 0. The Labute approximate surface area is 145 Å². The molecule has 4 rings (SSSR count). The van der Waals surface area contributed by atoms with Crippen molar-refractivity contribution in [2.24, 2.45) is 0 Å². The van der Waals surface area contributed by atoms with Crippen molar-refractivity contribution in [1.82, 2.24) is 19.4 Å². The predicted octanol–water partition coefficient (Wildman–Crippen LogP) is 2.37. The molecule has 0 N–H and O–H groups in total. The minimum Gasteiger partial charge on any atom is -0.334 e. The SMILES string of the molecule is Cc1nccn1CCN1CCCN(C2Cc3ccccc3C2)CC1. The van der Waals surface area contributed by atoms with Gasteiger partial charge in [-0.3, -0.25) is 4.90 Å². The molecule has 2 aromatic rings. The summed E-state index contributed by atoms with van der Waals surface area (Å²) < 4.78 is 2.26. The highest BCUT2D eigenvalue weighted by molar-refractivity contribution is 5.33. The fourth-order valence-electron chi connectivity index (χ4n) is 4.26. The molecule has 0 saturated carbocycles. The Hall–Kier alpha value is -1.65. The van der Waals surface area contributed by atoms with E-state index in [0.29, 0.717) is 0 Å². The van der Waals surface area contributed by atoms with Crippen molar-refractivity contribution in [1.29, 1.82) is 0 Å². The molecular weight excluding hydrogens is 296 g/mol. The minimum atomic E-state index is 0.721. The van der Waals surface area contributed by atoms with Crippen LogP contribution in [0.2, 0.25) is 0 Å². The third-order valence-electron chi connectivity index (χ3n) is 5.75. The van der Waals surface area contributed by atoms with Crippen molar-refractivity contribution >= 4 is 0 Å². The van der Waals surface area contributed by atoms with Crippen LogP contribution in [-0.2, 0) is 19.4 Å². The molecule has 2 heterocycles. The van der Waals surface area contributed by atoms with Crippen molar-refractivity contribution in [3.8, 4) is 0 Å². The van der Waals surface area contributed by atoms with Crippen LogP contribution in [-0.4, -0.2) is 58.1 Å². The van der Waals surface area contributed by atoms with Gasteiger partial charge in [0.1, 0.15) is 5.82 Å². The summed E-state index contributed by atoms with van der Waals surface area (Å²) in [6, 6.07) is 9.71. The minimum absolute atomic E-state index is 0.721. The van der Waals surface area contributed by atoms with Crippen molar-refractivity contribution < 1.29 is 0 Å². The van der Waals surface area contributed by atoms with Crippen LogP contribution in [0.15, 0.2) is 36.7 Å². The average Bonchev–Trinajstić information content (AvgIpc) is 3.13. The molecule has 1 saturated heterocycles. The van der Waals surface area contributed by atoms with Gasteiger partial charge in [0, 0.05) is 44.6 Å². The maximum Gasteiger partial charge on any atom is 0.105 e. The van der Waals surface area contributed by atoms with Crippen LogP contribution < -0.4 is 0 Å². The lowest BCUT2D eigenvalue weighted by atomic mass is 10.1. The van der Waals surface area contributed by atoms with Gasteiger partial charge >= 0.3 is 0 Å². The zero-order valence-corrected chi connectivity index (χ0v) is 14.7. The molecule has 1 aromatic heterocycles. The first-order valence-electron chi connectivity index (χ1n) is 9.30. The van der Waals surface area contributed by atoms with Gasteiger partial charge in [0.15, 0.2) is 0 Å². The van der Waals surface area contributed by atoms with Crippen LogP contribution in [0, 0.1) is 6.92 Å². The maximum absolute atomic E-state index is 4.32. The fraction of sp³-hybridized carbons (Fsp3) is 0.550. The first-order valence-corrected chi connectivity index (χ1v) is 9.30. The third-order valence-corrected chi connectivity index (χ3v) is 5.75. The molecule has 1 aromatic carbocycles. The van der Waals surface area contributed by atoms with E-state index in [-0.39, 0.29) is 0 Å². The molecule has 2 aliphatic rings. The number of imidazole rings is 1. The van der Waals surface area contributed by atoms with Crippen LogP contribution >= 0.6 is 0 Å². The molecular formula is C20H28N4. The lowest BCUT2D eigenvalue weighted by Gasteiger charge is -2.27. The molecule has 24 heavy (non-hydrogen) atoms. The number of hydrogen-bond donors (Lipinski definition) is 0. The smallest absolute Gasteiger partial charge is 0.105 e. The largest absolute Gasteiger partial charge is 0.334 e. The summed E-state index contributed by atoms with van der Waals surface area (Å²) in [6.07, 6.45) is 7.76. The number of fused-ring (bicyclic) bond motifs is 1. The van der Waals surface area contributed by atoms with E-state index in [0.717, 1.165) is 25.0 Å². The van der Waals surface area contributed by atoms with E-state index in [9.17, 15) is 0 Å². The number of hydrogen-bond acceptors (Lipinski definition) is 3. The van der Waals surface area contributed by atoms with Crippen molar-refractivity contribution in [2.75, 3.05) is 32.7 Å². The Balaban J connectivity index is 1.30. The molecule has 1 aliphatic carbocycles. The quantitative estimate of drug-likeness (QED) is 0.863. The molecule has 0 atom stereocenters. The van der Waals surface area contributed by atoms with E-state index in [2.05, 4.69) is 56.7 Å². The normalized spacial score (nSPS) is 20.2. The Morgan fingerprint density at radius 2 is 1.79 bits per heavy atom. The molecule has 1 fully saturated rings. The highest BCUT2D eigenvalue weighted by Crippen LogP contribution is 2.26. The topological polar surface area (TPSA) is 24.3 Å². The monoisotopic (exact) mass is 324 g/mol. The molecule has 0 unspecified atom stereocenters. The van der Waals surface area contributed by atoms with Crippen LogP contribution in [0.3, 0.4) is 0 Å². The van der Waals surface area contributed by atoms with Gasteiger partial charge in [-0.05, 0) is 50.4 Å². The van der Waals surface area contributed by atoms with Gasteiger partial charge in [0.05, 0.1) is 0 Å². The standard InChI is InChI=1S/C20H28N4/c1-17-21-7-10-23(17)13-11-22-8-4-9-24(14-12-22)20-15-18-5-2-3-6-19(18)16-20/h2-3,5-7,10,20H,4,8-9,11-16H2,1H3. The first-order chi connectivity index (χ1) is 11.8. The zero-order valence-electron chi connectivity index (χ0n) is 14.7. The molecule has 0 bridgehead atoms. The molecule has 128 valence electrons. The van der Waals surface area contributed by atoms with Gasteiger partial charge in [0.25, 0.3) is 0 Å². The number of nitrogens with zero attached hydrogens (tertiary/aromatic N) is 4. The summed E-state index contributed by atoms with van der Waals surface area (Å²) in [5, 5.41) is 0. The van der Waals surface area contributed by atoms with Crippen molar-refractivity contribution in [2.45, 2.75) is 38.8 Å². The summed E-state index contributed by atoms with van der Waals surface area (Å²) in [6.45, 7) is 9.16. The Bertz CT molecular complexity index is 653. The Kier molecular flexibility index (Phi) is 4.67. The second-order valence-electron chi connectivity index (χ2n) is 7.23. The van der Waals surface area contributed by atoms with Gasteiger partial charge in [-0.2, -0.15) is 0 Å². The highest BCUT2D eigenvalue weighted by atomic mass is 15.2. The van der Waals surface area contributed by atoms with E-state index in [1.54, 1.807) is 11.1 Å². The van der Waals surface area contributed by atoms with Gasteiger partial charge in [-0.15, -0.1) is 0 Å². The van der Waals surface area contributed by atoms with E-state index >= 15 is 0 Å². The van der Waals surface area contributed by atoms with Crippen molar-refractivity contribution in [3.63, 3.8) is 0 Å². The van der Waals surface area contributed by atoms with Gasteiger partial charge < -0.3 is 9.47 Å². The molecule has 1 aliphatic heterocycles. The Morgan fingerprint density at radius 1 is 1.00 bits per heavy atom. The lowest BCUT2D eigenvalue weighted by molar-refractivity contribution is 0.201. The molecule has 4 nitrogen and oxygen atoms in total. The fourth-order valence-corrected chi connectivity index (χ4v) is 4.26. The second kappa shape index (κ2) is 7.08. The van der Waals surface area contributed by atoms with E-state index in [1.807, 2.05) is 6.20 Å². The number of rotatable bonds is 4. The highest BCUT2D eigenvalue weighted by Gasteiger charge is 2.27. The Morgan fingerprint density at radius 3 is 2.50 bits per heavy atom. The molecule has 0 radical (unpaired) electrons.